The van der Waals surface area contributed by atoms with Crippen LogP contribution in [0.1, 0.15) is 6.92 Å². The van der Waals surface area contributed by atoms with E-state index in [1.807, 2.05) is 0 Å². The molecule has 2 aromatic carbocycles. The molecule has 0 aliphatic carbocycles. The number of benzene rings is 2. The van der Waals surface area contributed by atoms with Crippen LogP contribution in [0.4, 0.5) is 0 Å². The molecule has 0 bridgehead atoms. The van der Waals surface area contributed by atoms with Crippen LogP contribution in [0.3, 0.4) is 0 Å². The number of halogens is 2. The fourth-order valence-electron chi connectivity index (χ4n) is 1.62. The van der Waals surface area contributed by atoms with Crippen LogP contribution in [0.25, 0.3) is 0 Å². The van der Waals surface area contributed by atoms with Gasteiger partial charge in [-0.3, -0.25) is 0 Å². The molecule has 0 aliphatic heterocycles. The summed E-state index contributed by atoms with van der Waals surface area (Å²) in [5, 5.41) is 0.868. The van der Waals surface area contributed by atoms with Gasteiger partial charge in [0.15, 0.2) is 9.84 Å². The third kappa shape index (κ3) is 3.50. The minimum absolute atomic E-state index is 0.163. The average molecular weight is 347 g/mol. The van der Waals surface area contributed by atoms with Gasteiger partial charge in [0.05, 0.1) is 9.92 Å². The summed E-state index contributed by atoms with van der Waals surface area (Å²) in [6, 6.07) is 13.5. The highest BCUT2D eigenvalue weighted by Crippen LogP contribution is 2.33. The van der Waals surface area contributed by atoms with Gasteiger partial charge in [-0.2, -0.15) is 0 Å². The van der Waals surface area contributed by atoms with Gasteiger partial charge in [-0.1, -0.05) is 35.3 Å². The van der Waals surface area contributed by atoms with E-state index < -0.39 is 14.4 Å². The van der Waals surface area contributed by atoms with Gasteiger partial charge < -0.3 is 0 Å². The third-order valence-electron chi connectivity index (χ3n) is 2.70. The lowest BCUT2D eigenvalue weighted by Crippen LogP contribution is -2.14. The Morgan fingerprint density at radius 1 is 1.00 bits per heavy atom. The van der Waals surface area contributed by atoms with Crippen molar-refractivity contribution >= 4 is 44.8 Å². The van der Waals surface area contributed by atoms with Crippen LogP contribution in [0.15, 0.2) is 58.3 Å². The molecule has 0 N–H and O–H groups in total. The van der Waals surface area contributed by atoms with Crippen LogP contribution >= 0.6 is 35.0 Å². The van der Waals surface area contributed by atoms with Gasteiger partial charge in [-0.05, 0) is 43.3 Å². The molecule has 0 spiro atoms. The lowest BCUT2D eigenvalue weighted by molar-refractivity contribution is 0.595. The molecule has 0 amide bonds. The maximum absolute atomic E-state index is 12.5. The topological polar surface area (TPSA) is 34.1 Å². The maximum Gasteiger partial charge on any atom is 0.192 e. The zero-order valence-electron chi connectivity index (χ0n) is 10.6. The lowest BCUT2D eigenvalue weighted by Gasteiger charge is -2.13. The SMILES string of the molecule is CC(Sc1ccc(Cl)cc1)S(=O)(=O)c1ccccc1Cl. The zero-order valence-corrected chi connectivity index (χ0v) is 13.7. The summed E-state index contributed by atoms with van der Waals surface area (Å²) in [7, 11) is -3.48. The van der Waals surface area contributed by atoms with Gasteiger partial charge in [0.2, 0.25) is 0 Å². The second-order valence-electron chi connectivity index (χ2n) is 4.11. The first-order chi connectivity index (χ1) is 9.41. The Morgan fingerprint density at radius 2 is 1.60 bits per heavy atom. The molecule has 106 valence electrons. The highest BCUT2D eigenvalue weighted by atomic mass is 35.5. The molecule has 20 heavy (non-hydrogen) atoms. The first-order valence-corrected chi connectivity index (χ1v) is 9.00. The summed E-state index contributed by atoms with van der Waals surface area (Å²) < 4.78 is 24.4. The van der Waals surface area contributed by atoms with Gasteiger partial charge in [0, 0.05) is 9.92 Å². The Morgan fingerprint density at radius 3 is 2.20 bits per heavy atom. The molecule has 2 rings (SSSR count). The fraction of sp³-hybridized carbons (Fsp3) is 0.143. The number of sulfone groups is 1. The van der Waals surface area contributed by atoms with Gasteiger partial charge in [-0.25, -0.2) is 8.42 Å². The van der Waals surface area contributed by atoms with Crippen LogP contribution in [-0.2, 0) is 9.84 Å². The number of thioether (sulfide) groups is 1. The maximum atomic E-state index is 12.5. The van der Waals surface area contributed by atoms with Crippen LogP contribution < -0.4 is 0 Å². The zero-order chi connectivity index (χ0) is 14.8. The van der Waals surface area contributed by atoms with Crippen molar-refractivity contribution in [3.8, 4) is 0 Å². The molecule has 0 fully saturated rings. The van der Waals surface area contributed by atoms with Crippen LogP contribution in [0.5, 0.6) is 0 Å². The average Bonchev–Trinajstić information content (AvgIpc) is 2.41. The monoisotopic (exact) mass is 346 g/mol. The molecule has 2 aromatic rings. The number of hydrogen-bond acceptors (Lipinski definition) is 3. The molecular formula is C14H12Cl2O2S2. The van der Waals surface area contributed by atoms with Gasteiger partial charge in [0.1, 0.15) is 4.58 Å². The van der Waals surface area contributed by atoms with Crippen molar-refractivity contribution in [2.24, 2.45) is 0 Å². The van der Waals surface area contributed by atoms with E-state index in [4.69, 9.17) is 23.2 Å². The van der Waals surface area contributed by atoms with E-state index >= 15 is 0 Å². The molecule has 0 aliphatic rings. The highest BCUT2D eigenvalue weighted by Gasteiger charge is 2.26. The molecule has 0 saturated carbocycles. The first-order valence-electron chi connectivity index (χ1n) is 5.82. The smallest absolute Gasteiger partial charge is 0.192 e. The summed E-state index contributed by atoms with van der Waals surface area (Å²) in [6.45, 7) is 1.65. The van der Waals surface area contributed by atoms with E-state index in [0.29, 0.717) is 5.02 Å². The molecule has 0 radical (unpaired) electrons. The Balaban J connectivity index is 2.26. The molecule has 6 heteroatoms. The summed E-state index contributed by atoms with van der Waals surface area (Å²) >= 11 is 13.0. The second kappa shape index (κ2) is 6.39. The lowest BCUT2D eigenvalue weighted by atomic mass is 10.4. The van der Waals surface area contributed by atoms with Crippen molar-refractivity contribution in [2.75, 3.05) is 0 Å². The van der Waals surface area contributed by atoms with Gasteiger partial charge in [0.25, 0.3) is 0 Å². The van der Waals surface area contributed by atoms with E-state index in [1.54, 1.807) is 49.4 Å². The van der Waals surface area contributed by atoms with E-state index in [1.165, 1.54) is 17.8 Å². The minimum atomic E-state index is -3.48. The summed E-state index contributed by atoms with van der Waals surface area (Å²) in [4.78, 5) is 1.01. The van der Waals surface area contributed by atoms with Crippen molar-refractivity contribution in [2.45, 2.75) is 21.3 Å². The quantitative estimate of drug-likeness (QED) is 0.738. The van der Waals surface area contributed by atoms with E-state index in [2.05, 4.69) is 0 Å². The Bertz CT molecular complexity index is 697. The number of hydrogen-bond donors (Lipinski definition) is 0. The summed E-state index contributed by atoms with van der Waals surface area (Å²) in [5.74, 6) is 0. The molecular weight excluding hydrogens is 335 g/mol. The van der Waals surface area contributed by atoms with Gasteiger partial charge >= 0.3 is 0 Å². The Labute approximate surface area is 133 Å². The highest BCUT2D eigenvalue weighted by molar-refractivity contribution is 8.13. The Hall–Kier alpha value is -0.680. The van der Waals surface area contributed by atoms with Crippen molar-refractivity contribution in [3.63, 3.8) is 0 Å². The fourth-order valence-corrected chi connectivity index (χ4v) is 5.00. The van der Waals surface area contributed by atoms with Gasteiger partial charge in [-0.15, -0.1) is 11.8 Å². The molecule has 0 saturated heterocycles. The van der Waals surface area contributed by atoms with Crippen molar-refractivity contribution < 1.29 is 8.42 Å². The molecule has 2 nitrogen and oxygen atoms in total. The predicted molar refractivity (Wildman–Crippen MR) is 85.4 cm³/mol. The normalized spacial score (nSPS) is 13.2. The summed E-state index contributed by atoms with van der Waals surface area (Å²) in [5.41, 5.74) is 0. The molecule has 0 aromatic heterocycles. The molecule has 1 atom stereocenters. The van der Waals surface area contributed by atoms with E-state index in [9.17, 15) is 8.42 Å². The van der Waals surface area contributed by atoms with Crippen molar-refractivity contribution in [1.29, 1.82) is 0 Å². The number of rotatable bonds is 4. The Kier molecular flexibility index (Phi) is 5.02. The largest absolute Gasteiger partial charge is 0.222 e. The van der Waals surface area contributed by atoms with Crippen LogP contribution in [0, 0.1) is 0 Å². The second-order valence-corrected chi connectivity index (χ2v) is 8.91. The standard InChI is InChI=1S/C14H12Cl2O2S2/c1-10(19-12-8-6-11(15)7-9-12)20(17,18)14-5-3-2-4-13(14)16/h2-10H,1H3. The summed E-state index contributed by atoms with van der Waals surface area (Å²) in [6.07, 6.45) is 0. The van der Waals surface area contributed by atoms with E-state index in [-0.39, 0.29) is 9.92 Å². The van der Waals surface area contributed by atoms with Crippen LogP contribution in [-0.4, -0.2) is 13.0 Å². The first kappa shape index (κ1) is 15.7. The predicted octanol–water partition coefficient (Wildman–Crippen LogP) is 4.91. The molecule has 1 unspecified atom stereocenters. The van der Waals surface area contributed by atoms with Crippen molar-refractivity contribution in [3.05, 3.63) is 58.6 Å². The van der Waals surface area contributed by atoms with Crippen molar-refractivity contribution in [1.82, 2.24) is 0 Å². The molecule has 0 heterocycles. The van der Waals surface area contributed by atoms with Crippen LogP contribution in [0.2, 0.25) is 10.0 Å². The third-order valence-corrected chi connectivity index (χ3v) is 7.16. The minimum Gasteiger partial charge on any atom is -0.222 e. The van der Waals surface area contributed by atoms with E-state index in [0.717, 1.165) is 4.90 Å².